The van der Waals surface area contributed by atoms with Gasteiger partial charge in [-0.1, -0.05) is 36.1 Å². The van der Waals surface area contributed by atoms with Gasteiger partial charge in [-0.2, -0.15) is 0 Å². The molecule has 6 heteroatoms. The molecule has 0 unspecified atom stereocenters. The molecule has 0 aliphatic carbocycles. The number of carbonyl (C=O) groups is 1. The third-order valence-corrected chi connectivity index (χ3v) is 5.36. The Hall–Kier alpha value is -1.24. The predicted molar refractivity (Wildman–Crippen MR) is 90.8 cm³/mol. The van der Waals surface area contributed by atoms with Gasteiger partial charge in [0.05, 0.1) is 18.0 Å². The lowest BCUT2D eigenvalue weighted by Crippen LogP contribution is -3.14. The number of hydrogen-bond acceptors (Lipinski definition) is 3. The number of amides is 1. The van der Waals surface area contributed by atoms with Crippen LogP contribution in [-0.2, 0) is 4.79 Å². The molecule has 2 aliphatic heterocycles. The molecule has 1 N–H and O–H groups in total. The highest BCUT2D eigenvalue weighted by Gasteiger charge is 2.34. The summed E-state index contributed by atoms with van der Waals surface area (Å²) in [5.74, 6) is -0.309. The summed E-state index contributed by atoms with van der Waals surface area (Å²) in [5.41, 5.74) is 0.812. The third-order valence-electron chi connectivity index (χ3n) is 3.98. The number of nitrogens with zero attached hydrogens (tertiary/aromatic N) is 1. The second-order valence-electron chi connectivity index (χ2n) is 5.63. The second-order valence-corrected chi connectivity index (χ2v) is 7.31. The number of benzene rings is 1. The first-order valence-corrected chi connectivity index (χ1v) is 8.70. The summed E-state index contributed by atoms with van der Waals surface area (Å²) in [4.78, 5) is 16.3. The number of nitrogens with one attached hydrogen (secondary N) is 1. The van der Waals surface area contributed by atoms with E-state index in [-0.39, 0.29) is 11.7 Å². The van der Waals surface area contributed by atoms with Crippen molar-refractivity contribution in [3.8, 4) is 0 Å². The van der Waals surface area contributed by atoms with Gasteiger partial charge in [0.1, 0.15) is 5.82 Å². The van der Waals surface area contributed by atoms with E-state index >= 15 is 0 Å². The van der Waals surface area contributed by atoms with Gasteiger partial charge in [-0.25, -0.2) is 9.29 Å². The van der Waals surface area contributed by atoms with Crippen molar-refractivity contribution in [2.45, 2.75) is 19.3 Å². The number of rotatable bonds is 3. The van der Waals surface area contributed by atoms with Gasteiger partial charge in [-0.15, -0.1) is 0 Å². The summed E-state index contributed by atoms with van der Waals surface area (Å²) in [6.07, 6.45) is 5.50. The van der Waals surface area contributed by atoms with Crippen LogP contribution in [-0.4, -0.2) is 34.9 Å². The third kappa shape index (κ3) is 3.56. The van der Waals surface area contributed by atoms with Crippen LogP contribution < -0.4 is 4.90 Å². The van der Waals surface area contributed by atoms with E-state index in [0.717, 1.165) is 18.7 Å². The van der Waals surface area contributed by atoms with Crippen molar-refractivity contribution in [3.63, 3.8) is 0 Å². The summed E-state index contributed by atoms with van der Waals surface area (Å²) in [6.45, 7) is 2.87. The van der Waals surface area contributed by atoms with Gasteiger partial charge in [-0.3, -0.25) is 4.79 Å². The van der Waals surface area contributed by atoms with E-state index in [0.29, 0.717) is 15.9 Å². The lowest BCUT2D eigenvalue weighted by Gasteiger charge is -2.27. The number of thiocarbonyl (C=S) groups is 1. The molecule has 0 saturated carbocycles. The maximum atomic E-state index is 12.9. The van der Waals surface area contributed by atoms with Gasteiger partial charge in [0.25, 0.3) is 5.91 Å². The Balaban J connectivity index is 1.71. The predicted octanol–water partition coefficient (Wildman–Crippen LogP) is 2.05. The van der Waals surface area contributed by atoms with Crippen LogP contribution in [0.2, 0.25) is 0 Å². The molecule has 3 rings (SSSR count). The van der Waals surface area contributed by atoms with Crippen LogP contribution in [0, 0.1) is 5.82 Å². The fraction of sp³-hybridized carbons (Fsp3) is 0.375. The van der Waals surface area contributed by atoms with Crippen LogP contribution in [0.1, 0.15) is 24.8 Å². The Bertz CT molecular complexity index is 609. The summed E-state index contributed by atoms with van der Waals surface area (Å²) in [5, 5.41) is 0. The normalized spacial score (nSPS) is 21.9. The maximum Gasteiger partial charge on any atom is 0.270 e. The molecule has 0 radical (unpaired) electrons. The number of hydrogen-bond donors (Lipinski definition) is 1. The number of quaternary nitrogens is 1. The van der Waals surface area contributed by atoms with Crippen molar-refractivity contribution in [1.82, 2.24) is 4.90 Å². The smallest absolute Gasteiger partial charge is 0.270 e. The van der Waals surface area contributed by atoms with Crippen molar-refractivity contribution in [2.24, 2.45) is 0 Å². The van der Waals surface area contributed by atoms with Gasteiger partial charge in [0, 0.05) is 0 Å². The highest BCUT2D eigenvalue weighted by molar-refractivity contribution is 8.26. The molecule has 2 heterocycles. The number of thioether (sulfide) groups is 1. The molecule has 2 fully saturated rings. The second kappa shape index (κ2) is 6.89. The fourth-order valence-corrected chi connectivity index (χ4v) is 4.04. The largest absolute Gasteiger partial charge is 0.317 e. The van der Waals surface area contributed by atoms with Crippen LogP contribution >= 0.6 is 24.0 Å². The first-order chi connectivity index (χ1) is 10.6. The molecule has 1 aromatic carbocycles. The molecule has 116 valence electrons. The van der Waals surface area contributed by atoms with Gasteiger partial charge < -0.3 is 4.90 Å². The molecule has 22 heavy (non-hydrogen) atoms. The number of carbonyl (C=O) groups excluding carboxylic acids is 1. The van der Waals surface area contributed by atoms with E-state index in [9.17, 15) is 9.18 Å². The summed E-state index contributed by atoms with van der Waals surface area (Å²) >= 11 is 6.69. The molecule has 0 aromatic heterocycles. The molecule has 3 nitrogen and oxygen atoms in total. The van der Waals surface area contributed by atoms with Crippen LogP contribution in [0.25, 0.3) is 6.08 Å². The summed E-state index contributed by atoms with van der Waals surface area (Å²) < 4.78 is 13.6. The van der Waals surface area contributed by atoms with Crippen LogP contribution in [0.4, 0.5) is 4.39 Å². The Labute approximate surface area is 139 Å². The van der Waals surface area contributed by atoms with E-state index in [2.05, 4.69) is 0 Å². The SMILES string of the molecule is O=C1/C(=C/c2ccc(F)cc2)SC(=S)N1C[NH+]1CCCCC1. The van der Waals surface area contributed by atoms with Crippen molar-refractivity contribution in [2.75, 3.05) is 19.8 Å². The number of piperidine rings is 1. The lowest BCUT2D eigenvalue weighted by molar-refractivity contribution is -0.911. The van der Waals surface area contributed by atoms with Crippen molar-refractivity contribution in [1.29, 1.82) is 0 Å². The standard InChI is InChI=1S/C16H17FN2OS2/c17-13-6-4-12(5-7-13)10-14-15(20)19(16(21)22-14)11-18-8-2-1-3-9-18/h4-7,10H,1-3,8-9,11H2/p+1/b14-10-. The average molecular weight is 337 g/mol. The van der Waals surface area contributed by atoms with Crippen LogP contribution in [0.5, 0.6) is 0 Å². The molecular weight excluding hydrogens is 319 g/mol. The minimum Gasteiger partial charge on any atom is -0.317 e. The summed E-state index contributed by atoms with van der Waals surface area (Å²) in [6, 6.07) is 6.12. The van der Waals surface area contributed by atoms with Crippen LogP contribution in [0.3, 0.4) is 0 Å². The zero-order valence-corrected chi connectivity index (χ0v) is 13.8. The van der Waals surface area contributed by atoms with E-state index in [1.807, 2.05) is 0 Å². The Morgan fingerprint density at radius 1 is 1.23 bits per heavy atom. The highest BCUT2D eigenvalue weighted by Crippen LogP contribution is 2.31. The van der Waals surface area contributed by atoms with E-state index < -0.39 is 0 Å². The summed E-state index contributed by atoms with van der Waals surface area (Å²) in [7, 11) is 0. The maximum absolute atomic E-state index is 12.9. The topological polar surface area (TPSA) is 24.8 Å². The van der Waals surface area contributed by atoms with Gasteiger partial charge in [-0.05, 0) is 43.0 Å². The Morgan fingerprint density at radius 2 is 1.91 bits per heavy atom. The fourth-order valence-electron chi connectivity index (χ4n) is 2.78. The molecule has 2 saturated heterocycles. The molecule has 0 spiro atoms. The monoisotopic (exact) mass is 337 g/mol. The molecule has 0 bridgehead atoms. The minimum atomic E-state index is -0.279. The van der Waals surface area contributed by atoms with Crippen molar-refractivity contribution in [3.05, 3.63) is 40.6 Å². The van der Waals surface area contributed by atoms with Crippen molar-refractivity contribution < 1.29 is 14.1 Å². The highest BCUT2D eigenvalue weighted by atomic mass is 32.2. The molecule has 1 amide bonds. The zero-order chi connectivity index (χ0) is 15.5. The first kappa shape index (κ1) is 15.6. The van der Waals surface area contributed by atoms with E-state index in [4.69, 9.17) is 12.2 Å². The number of halogens is 1. The van der Waals surface area contributed by atoms with Crippen LogP contribution in [0.15, 0.2) is 29.2 Å². The zero-order valence-electron chi connectivity index (χ0n) is 12.2. The Morgan fingerprint density at radius 3 is 2.59 bits per heavy atom. The Kier molecular flexibility index (Phi) is 4.90. The van der Waals surface area contributed by atoms with Crippen molar-refractivity contribution >= 4 is 40.3 Å². The van der Waals surface area contributed by atoms with E-state index in [1.54, 1.807) is 23.1 Å². The quantitative estimate of drug-likeness (QED) is 0.675. The van der Waals surface area contributed by atoms with Gasteiger partial charge in [0.15, 0.2) is 11.0 Å². The van der Waals surface area contributed by atoms with E-state index in [1.165, 1.54) is 48.1 Å². The molecule has 2 aliphatic rings. The first-order valence-electron chi connectivity index (χ1n) is 7.48. The molecule has 0 atom stereocenters. The average Bonchev–Trinajstić information content (AvgIpc) is 2.78. The van der Waals surface area contributed by atoms with Gasteiger partial charge >= 0.3 is 0 Å². The minimum absolute atomic E-state index is 0.0302. The molecule has 1 aromatic rings. The number of likely N-dealkylation sites (tertiary alicyclic amines) is 1. The van der Waals surface area contributed by atoms with Gasteiger partial charge in [0.2, 0.25) is 0 Å². The molecular formula is C16H18FN2OS2+. The lowest BCUT2D eigenvalue weighted by atomic mass is 10.1.